The third-order valence-corrected chi connectivity index (χ3v) is 6.28. The van der Waals surface area contributed by atoms with E-state index in [-0.39, 0.29) is 18.4 Å². The van der Waals surface area contributed by atoms with Crippen LogP contribution in [0.5, 0.6) is 5.75 Å². The van der Waals surface area contributed by atoms with Gasteiger partial charge in [0.25, 0.3) is 0 Å². The molecule has 0 fully saturated rings. The zero-order chi connectivity index (χ0) is 21.5. The van der Waals surface area contributed by atoms with Crippen molar-refractivity contribution in [3.05, 3.63) is 45.8 Å². The van der Waals surface area contributed by atoms with E-state index in [1.165, 1.54) is 18.4 Å². The van der Waals surface area contributed by atoms with Crippen molar-refractivity contribution in [2.24, 2.45) is 5.92 Å². The largest absolute Gasteiger partial charge is 0.507 e. The molecule has 1 heterocycles. The molecule has 1 atom stereocenters. The predicted octanol–water partition coefficient (Wildman–Crippen LogP) is 4.09. The van der Waals surface area contributed by atoms with E-state index >= 15 is 0 Å². The van der Waals surface area contributed by atoms with Gasteiger partial charge in [-0.15, -0.1) is 11.3 Å². The third kappa shape index (κ3) is 5.30. The van der Waals surface area contributed by atoms with Gasteiger partial charge in [-0.1, -0.05) is 12.1 Å². The number of ether oxygens (including phenoxy) is 3. The summed E-state index contributed by atoms with van der Waals surface area (Å²) < 4.78 is 14.8. The standard InChI is InChI=1S/C22H24N2O5S/c1-27-16-5-3-4-14(10-16)7-9-20(25)24-21-18(12-23)17-8-6-15(11-19(17)30-21)13-29-22(26)28-2/h3-5,10,15H,6-9,11,13H2,1-2H3,(H,24,25). The lowest BCUT2D eigenvalue weighted by Crippen LogP contribution is -2.20. The van der Waals surface area contributed by atoms with E-state index in [1.807, 2.05) is 24.3 Å². The highest BCUT2D eigenvalue weighted by atomic mass is 32.1. The number of nitrogens with one attached hydrogen (secondary N) is 1. The van der Waals surface area contributed by atoms with Gasteiger partial charge in [0.15, 0.2) is 0 Å². The molecule has 2 aromatic rings. The molecule has 0 radical (unpaired) electrons. The maximum absolute atomic E-state index is 12.5. The van der Waals surface area contributed by atoms with Crippen LogP contribution in [0.2, 0.25) is 0 Å². The molecule has 8 heteroatoms. The van der Waals surface area contributed by atoms with E-state index in [0.717, 1.165) is 34.6 Å². The Bertz CT molecular complexity index is 963. The lowest BCUT2D eigenvalue weighted by molar-refractivity contribution is -0.116. The molecule has 0 saturated heterocycles. The van der Waals surface area contributed by atoms with E-state index in [1.54, 1.807) is 7.11 Å². The normalized spacial score (nSPS) is 14.9. The van der Waals surface area contributed by atoms with Gasteiger partial charge in [-0.05, 0) is 54.9 Å². The summed E-state index contributed by atoms with van der Waals surface area (Å²) in [5.41, 5.74) is 2.57. The molecular weight excluding hydrogens is 404 g/mol. The molecule has 1 aliphatic carbocycles. The molecule has 1 unspecified atom stereocenters. The van der Waals surface area contributed by atoms with Crippen molar-refractivity contribution in [1.29, 1.82) is 5.26 Å². The number of anilines is 1. The van der Waals surface area contributed by atoms with Crippen LogP contribution in [0.3, 0.4) is 0 Å². The summed E-state index contributed by atoms with van der Waals surface area (Å²) in [5, 5.41) is 13.1. The van der Waals surface area contributed by atoms with Gasteiger partial charge in [0.1, 0.15) is 16.8 Å². The van der Waals surface area contributed by atoms with Crippen LogP contribution in [0.1, 0.15) is 34.4 Å². The number of hydrogen-bond donors (Lipinski definition) is 1. The van der Waals surface area contributed by atoms with Crippen molar-refractivity contribution >= 4 is 28.4 Å². The first-order valence-corrected chi connectivity index (χ1v) is 10.5. The molecule has 158 valence electrons. The molecule has 1 amide bonds. The fourth-order valence-electron chi connectivity index (χ4n) is 3.52. The second kappa shape index (κ2) is 10.1. The molecule has 0 spiro atoms. The highest BCUT2D eigenvalue weighted by molar-refractivity contribution is 7.16. The number of carbonyl (C=O) groups excluding carboxylic acids is 2. The average molecular weight is 429 g/mol. The molecule has 1 aromatic carbocycles. The van der Waals surface area contributed by atoms with Gasteiger partial charge < -0.3 is 19.5 Å². The Morgan fingerprint density at radius 3 is 2.90 bits per heavy atom. The van der Waals surface area contributed by atoms with Crippen molar-refractivity contribution in [1.82, 2.24) is 0 Å². The first-order valence-electron chi connectivity index (χ1n) is 9.72. The summed E-state index contributed by atoms with van der Waals surface area (Å²) in [5.74, 6) is 0.813. The van der Waals surface area contributed by atoms with Crippen LogP contribution in [0, 0.1) is 17.2 Å². The molecule has 30 heavy (non-hydrogen) atoms. The quantitative estimate of drug-likeness (QED) is 0.667. The molecule has 3 rings (SSSR count). The number of amides is 1. The van der Waals surface area contributed by atoms with Crippen LogP contribution in [0.25, 0.3) is 0 Å². The molecule has 1 aliphatic rings. The van der Waals surface area contributed by atoms with Gasteiger partial charge in [-0.3, -0.25) is 4.79 Å². The lowest BCUT2D eigenvalue weighted by atomic mass is 9.88. The summed E-state index contributed by atoms with van der Waals surface area (Å²) in [6.07, 6.45) is 2.47. The number of benzene rings is 1. The summed E-state index contributed by atoms with van der Waals surface area (Å²) in [6.45, 7) is 0.286. The van der Waals surface area contributed by atoms with Gasteiger partial charge in [0.2, 0.25) is 5.91 Å². The fourth-order valence-corrected chi connectivity index (χ4v) is 4.85. The number of methoxy groups -OCH3 is 2. The van der Waals surface area contributed by atoms with Crippen LogP contribution in [0.4, 0.5) is 9.80 Å². The number of fused-ring (bicyclic) bond motifs is 1. The predicted molar refractivity (Wildman–Crippen MR) is 113 cm³/mol. The van der Waals surface area contributed by atoms with Crippen molar-refractivity contribution in [3.63, 3.8) is 0 Å². The Kier molecular flexibility index (Phi) is 7.31. The number of carbonyl (C=O) groups is 2. The van der Waals surface area contributed by atoms with E-state index in [0.29, 0.717) is 29.8 Å². The van der Waals surface area contributed by atoms with E-state index < -0.39 is 6.16 Å². The highest BCUT2D eigenvalue weighted by Gasteiger charge is 2.27. The minimum Gasteiger partial charge on any atom is -0.497 e. The first-order chi connectivity index (χ1) is 14.5. The fraction of sp³-hybridized carbons (Fsp3) is 0.409. The number of nitrogens with zero attached hydrogens (tertiary/aromatic N) is 1. The number of rotatable bonds is 7. The number of nitriles is 1. The van der Waals surface area contributed by atoms with E-state index in [4.69, 9.17) is 9.47 Å². The molecular formula is C22H24N2O5S. The Labute approximate surface area is 179 Å². The lowest BCUT2D eigenvalue weighted by Gasteiger charge is -2.21. The summed E-state index contributed by atoms with van der Waals surface area (Å²) >= 11 is 1.44. The second-order valence-corrected chi connectivity index (χ2v) is 8.20. The van der Waals surface area contributed by atoms with Crippen LogP contribution in [-0.2, 0) is 33.5 Å². The van der Waals surface area contributed by atoms with Crippen molar-refractivity contribution in [2.45, 2.75) is 32.1 Å². The Morgan fingerprint density at radius 2 is 2.17 bits per heavy atom. The highest BCUT2D eigenvalue weighted by Crippen LogP contribution is 2.39. The molecule has 0 bridgehead atoms. The molecule has 0 saturated carbocycles. The second-order valence-electron chi connectivity index (χ2n) is 7.09. The van der Waals surface area contributed by atoms with Crippen LogP contribution in [0.15, 0.2) is 24.3 Å². The Balaban J connectivity index is 1.61. The molecule has 0 aliphatic heterocycles. The van der Waals surface area contributed by atoms with Crippen LogP contribution in [-0.4, -0.2) is 32.9 Å². The van der Waals surface area contributed by atoms with E-state index in [2.05, 4.69) is 16.1 Å². The van der Waals surface area contributed by atoms with Crippen LogP contribution < -0.4 is 10.1 Å². The third-order valence-electron chi connectivity index (χ3n) is 5.11. The zero-order valence-corrected chi connectivity index (χ0v) is 17.8. The summed E-state index contributed by atoms with van der Waals surface area (Å²) in [4.78, 5) is 24.7. The van der Waals surface area contributed by atoms with Gasteiger partial charge in [0, 0.05) is 11.3 Å². The number of aryl methyl sites for hydroxylation is 1. The smallest absolute Gasteiger partial charge is 0.497 e. The van der Waals surface area contributed by atoms with E-state index in [9.17, 15) is 14.9 Å². The number of thiophene rings is 1. The average Bonchev–Trinajstić information content (AvgIpc) is 3.12. The minimum absolute atomic E-state index is 0.126. The zero-order valence-electron chi connectivity index (χ0n) is 17.0. The monoisotopic (exact) mass is 428 g/mol. The van der Waals surface area contributed by atoms with Crippen molar-refractivity contribution in [3.8, 4) is 11.8 Å². The van der Waals surface area contributed by atoms with Gasteiger partial charge in [0.05, 0.1) is 26.4 Å². The first kappa shape index (κ1) is 21.7. The summed E-state index contributed by atoms with van der Waals surface area (Å²) in [6, 6.07) is 9.87. The topological polar surface area (TPSA) is 97.7 Å². The maximum Gasteiger partial charge on any atom is 0.507 e. The molecule has 7 nitrogen and oxygen atoms in total. The maximum atomic E-state index is 12.5. The Hall–Kier alpha value is -3.05. The van der Waals surface area contributed by atoms with Crippen molar-refractivity contribution < 1.29 is 23.8 Å². The van der Waals surface area contributed by atoms with Crippen LogP contribution >= 0.6 is 11.3 Å². The van der Waals surface area contributed by atoms with Gasteiger partial charge in [-0.2, -0.15) is 5.26 Å². The SMILES string of the molecule is COC(=O)OCC1CCc2c(sc(NC(=O)CCc3cccc(OC)c3)c2C#N)C1. The van der Waals surface area contributed by atoms with Crippen molar-refractivity contribution in [2.75, 3.05) is 26.1 Å². The molecule has 1 N–H and O–H groups in total. The summed E-state index contributed by atoms with van der Waals surface area (Å²) in [7, 11) is 2.89. The van der Waals surface area contributed by atoms with Gasteiger partial charge >= 0.3 is 6.16 Å². The van der Waals surface area contributed by atoms with Gasteiger partial charge in [-0.25, -0.2) is 4.79 Å². The minimum atomic E-state index is -0.686. The molecule has 1 aromatic heterocycles. The number of hydrogen-bond acceptors (Lipinski definition) is 7. The Morgan fingerprint density at radius 1 is 1.33 bits per heavy atom.